The Balaban J connectivity index is 1.43. The number of carbonyl (C=O) groups is 1. The fourth-order valence-corrected chi connectivity index (χ4v) is 4.42. The van der Waals surface area contributed by atoms with Crippen LogP contribution in [0.15, 0.2) is 48.5 Å². The molecule has 1 N–H and O–H groups in total. The normalized spacial score (nSPS) is 15.1. The van der Waals surface area contributed by atoms with E-state index in [1.807, 2.05) is 19.1 Å². The lowest BCUT2D eigenvalue weighted by Gasteiger charge is -2.36. The van der Waals surface area contributed by atoms with Gasteiger partial charge in [0, 0.05) is 47.9 Å². The summed E-state index contributed by atoms with van der Waals surface area (Å²) in [6.07, 6.45) is -0.457. The highest BCUT2D eigenvalue weighted by Gasteiger charge is 2.31. The van der Waals surface area contributed by atoms with Gasteiger partial charge in [-0.15, -0.1) is 13.2 Å². The van der Waals surface area contributed by atoms with Crippen LogP contribution in [-0.4, -0.2) is 55.4 Å². The summed E-state index contributed by atoms with van der Waals surface area (Å²) in [5.74, 6) is -1.19. The lowest BCUT2D eigenvalue weighted by atomic mass is 10.0. The lowest BCUT2D eigenvalue weighted by molar-refractivity contribution is -0.274. The molecule has 0 unspecified atom stereocenters. The Morgan fingerprint density at radius 1 is 1.14 bits per heavy atom. The van der Waals surface area contributed by atoms with Gasteiger partial charge in [0.1, 0.15) is 17.4 Å². The third kappa shape index (κ3) is 6.76. The van der Waals surface area contributed by atoms with E-state index in [1.165, 1.54) is 6.08 Å². The first-order valence-corrected chi connectivity index (χ1v) is 11.9. The highest BCUT2D eigenvalue weighted by atomic mass is 19.4. The third-order valence-corrected chi connectivity index (χ3v) is 6.41. The molecule has 0 aliphatic carbocycles. The first-order chi connectivity index (χ1) is 17.5. The van der Waals surface area contributed by atoms with Gasteiger partial charge in [0.25, 0.3) is 0 Å². The van der Waals surface area contributed by atoms with Crippen LogP contribution in [0.3, 0.4) is 0 Å². The third-order valence-electron chi connectivity index (χ3n) is 6.41. The maximum atomic E-state index is 14.1. The van der Waals surface area contributed by atoms with E-state index < -0.39 is 23.8 Å². The van der Waals surface area contributed by atoms with Crippen LogP contribution < -0.4 is 15.0 Å². The molecular formula is C27H28F4N4O2. The summed E-state index contributed by atoms with van der Waals surface area (Å²) in [5, 5.41) is 3.63. The summed E-state index contributed by atoms with van der Waals surface area (Å²) >= 11 is 0. The van der Waals surface area contributed by atoms with Crippen molar-refractivity contribution in [3.05, 3.63) is 65.5 Å². The van der Waals surface area contributed by atoms with Crippen LogP contribution in [0.4, 0.5) is 29.1 Å². The van der Waals surface area contributed by atoms with Crippen molar-refractivity contribution in [1.29, 1.82) is 0 Å². The molecule has 1 aliphatic rings. The van der Waals surface area contributed by atoms with Crippen molar-refractivity contribution < 1.29 is 27.1 Å². The molecule has 1 fully saturated rings. The van der Waals surface area contributed by atoms with Crippen LogP contribution in [0.2, 0.25) is 0 Å². The van der Waals surface area contributed by atoms with Crippen molar-refractivity contribution in [2.24, 2.45) is 0 Å². The Morgan fingerprint density at radius 3 is 2.51 bits per heavy atom. The standard InChI is InChI=1S/C27H28F4N4O2/c1-17-14-25(35-12-10-20(11-13-35)34(2)3)33-24-8-6-19(15-22(17)24)32-26(36)9-5-18-4-7-21(16-23(18)28)37-27(29,30)31/h4-9,14-16,20H,10-13H2,1-3H3,(H,32,36)/b9-5+. The van der Waals surface area contributed by atoms with Crippen LogP contribution >= 0.6 is 0 Å². The fraction of sp³-hybridized carbons (Fsp3) is 0.333. The van der Waals surface area contributed by atoms with Crippen molar-refractivity contribution in [3.63, 3.8) is 0 Å². The van der Waals surface area contributed by atoms with Gasteiger partial charge in [-0.25, -0.2) is 9.37 Å². The molecule has 196 valence electrons. The van der Waals surface area contributed by atoms with Crippen LogP contribution in [0.5, 0.6) is 5.75 Å². The number of rotatable bonds is 6. The predicted octanol–water partition coefficient (Wildman–Crippen LogP) is 5.76. The highest BCUT2D eigenvalue weighted by Crippen LogP contribution is 2.28. The predicted molar refractivity (Wildman–Crippen MR) is 136 cm³/mol. The molecule has 0 radical (unpaired) electrons. The first kappa shape index (κ1) is 26.4. The van der Waals surface area contributed by atoms with Gasteiger partial charge in [-0.3, -0.25) is 4.79 Å². The molecule has 3 aromatic rings. The van der Waals surface area contributed by atoms with Crippen molar-refractivity contribution in [3.8, 4) is 5.75 Å². The Morgan fingerprint density at radius 2 is 1.86 bits per heavy atom. The summed E-state index contributed by atoms with van der Waals surface area (Å²) < 4.78 is 54.6. The Kier molecular flexibility index (Phi) is 7.68. The van der Waals surface area contributed by atoms with Gasteiger partial charge in [-0.1, -0.05) is 0 Å². The Bertz CT molecular complexity index is 1320. The van der Waals surface area contributed by atoms with Crippen LogP contribution in [0, 0.1) is 12.7 Å². The van der Waals surface area contributed by atoms with E-state index >= 15 is 0 Å². The number of amides is 1. The second-order valence-electron chi connectivity index (χ2n) is 9.26. The fourth-order valence-electron chi connectivity index (χ4n) is 4.42. The average Bonchev–Trinajstić information content (AvgIpc) is 2.83. The number of hydrogen-bond donors (Lipinski definition) is 1. The molecule has 1 aromatic heterocycles. The molecule has 1 aliphatic heterocycles. The number of pyridine rings is 1. The molecule has 37 heavy (non-hydrogen) atoms. The summed E-state index contributed by atoms with van der Waals surface area (Å²) in [6.45, 7) is 3.89. The van der Waals surface area contributed by atoms with Crippen molar-refractivity contribution in [2.45, 2.75) is 32.2 Å². The molecule has 2 heterocycles. The number of aryl methyl sites for hydroxylation is 1. The molecule has 1 saturated heterocycles. The van der Waals surface area contributed by atoms with Gasteiger partial charge in [0.15, 0.2) is 0 Å². The summed E-state index contributed by atoms with van der Waals surface area (Å²) in [4.78, 5) is 21.8. The van der Waals surface area contributed by atoms with Crippen LogP contribution in [0.1, 0.15) is 24.0 Å². The van der Waals surface area contributed by atoms with E-state index in [9.17, 15) is 22.4 Å². The first-order valence-electron chi connectivity index (χ1n) is 11.9. The van der Waals surface area contributed by atoms with Gasteiger partial charge in [0.05, 0.1) is 5.52 Å². The topological polar surface area (TPSA) is 57.7 Å². The maximum Gasteiger partial charge on any atom is 0.573 e. The number of benzene rings is 2. The number of hydrogen-bond acceptors (Lipinski definition) is 5. The second kappa shape index (κ2) is 10.8. The molecule has 0 atom stereocenters. The SMILES string of the molecule is Cc1cc(N2CCC(N(C)C)CC2)nc2ccc(NC(=O)/C=C/c3ccc(OC(F)(F)F)cc3F)cc12. The van der Waals surface area contributed by atoms with Gasteiger partial charge >= 0.3 is 6.36 Å². The number of carbonyl (C=O) groups excluding carboxylic acids is 1. The summed E-state index contributed by atoms with van der Waals surface area (Å²) in [5.41, 5.74) is 2.34. The molecule has 0 spiro atoms. The van der Waals surface area contributed by atoms with Crippen molar-refractivity contribution in [1.82, 2.24) is 9.88 Å². The average molecular weight is 517 g/mol. The second-order valence-corrected chi connectivity index (χ2v) is 9.26. The lowest BCUT2D eigenvalue weighted by Crippen LogP contribution is -2.42. The summed E-state index contributed by atoms with van der Waals surface area (Å²) in [7, 11) is 4.22. The smallest absolute Gasteiger partial charge is 0.406 e. The number of alkyl halides is 3. The molecule has 0 bridgehead atoms. The zero-order valence-corrected chi connectivity index (χ0v) is 20.8. The number of ether oxygens (including phenoxy) is 1. The number of nitrogens with one attached hydrogen (secondary N) is 1. The van der Waals surface area contributed by atoms with E-state index in [-0.39, 0.29) is 5.56 Å². The van der Waals surface area contributed by atoms with Gasteiger partial charge in [0.2, 0.25) is 5.91 Å². The monoisotopic (exact) mass is 516 g/mol. The number of nitrogens with zero attached hydrogens (tertiary/aromatic N) is 3. The molecule has 1 amide bonds. The van der Waals surface area contributed by atoms with Gasteiger partial charge < -0.3 is 19.9 Å². The van der Waals surface area contributed by atoms with Crippen molar-refractivity contribution in [2.75, 3.05) is 37.4 Å². The minimum atomic E-state index is -4.91. The minimum Gasteiger partial charge on any atom is -0.406 e. The zero-order chi connectivity index (χ0) is 26.7. The molecule has 2 aromatic carbocycles. The van der Waals surface area contributed by atoms with E-state index in [4.69, 9.17) is 4.98 Å². The van der Waals surface area contributed by atoms with E-state index in [0.717, 1.165) is 66.4 Å². The zero-order valence-electron chi connectivity index (χ0n) is 20.8. The van der Waals surface area contributed by atoms with Crippen LogP contribution in [0.25, 0.3) is 17.0 Å². The number of piperidine rings is 1. The largest absolute Gasteiger partial charge is 0.573 e. The Labute approximate surface area is 212 Å². The van der Waals surface area contributed by atoms with E-state index in [1.54, 1.807) is 6.07 Å². The molecule has 10 heteroatoms. The molecule has 4 rings (SSSR count). The number of aromatic nitrogens is 1. The minimum absolute atomic E-state index is 0.0506. The maximum absolute atomic E-state index is 14.1. The highest BCUT2D eigenvalue weighted by molar-refractivity contribution is 6.03. The van der Waals surface area contributed by atoms with E-state index in [2.05, 4.69) is 40.0 Å². The Hall–Kier alpha value is -3.66. The molecular weight excluding hydrogens is 488 g/mol. The summed E-state index contributed by atoms with van der Waals surface area (Å²) in [6, 6.07) is 10.7. The molecule has 6 nitrogen and oxygen atoms in total. The number of fused-ring (bicyclic) bond motifs is 1. The molecule has 0 saturated carbocycles. The quantitative estimate of drug-likeness (QED) is 0.333. The van der Waals surface area contributed by atoms with Gasteiger partial charge in [-0.05, 0) is 81.9 Å². The van der Waals surface area contributed by atoms with Crippen molar-refractivity contribution >= 4 is 34.4 Å². The number of halogens is 4. The van der Waals surface area contributed by atoms with Gasteiger partial charge in [-0.2, -0.15) is 0 Å². The van der Waals surface area contributed by atoms with Crippen LogP contribution in [-0.2, 0) is 4.79 Å². The van der Waals surface area contributed by atoms with E-state index in [0.29, 0.717) is 17.8 Å². The number of anilines is 2.